The molecule has 0 unspecified atom stereocenters. The lowest BCUT2D eigenvalue weighted by Crippen LogP contribution is -2.47. The molecule has 1 fully saturated rings. The predicted octanol–water partition coefficient (Wildman–Crippen LogP) is 2.01. The van der Waals surface area contributed by atoms with Gasteiger partial charge in [-0.05, 0) is 36.6 Å². The molecule has 4 rings (SSSR count). The molecule has 0 radical (unpaired) electrons. The third-order valence-electron chi connectivity index (χ3n) is 6.05. The maximum absolute atomic E-state index is 12.5. The summed E-state index contributed by atoms with van der Waals surface area (Å²) in [6.07, 6.45) is 0.392. The number of aliphatic hydroxyl groups is 1. The minimum Gasteiger partial charge on any atom is -0.487 e. The highest BCUT2D eigenvalue weighted by Crippen LogP contribution is 2.47. The molecule has 2 aliphatic rings. The van der Waals surface area contributed by atoms with Gasteiger partial charge in [0.1, 0.15) is 24.6 Å². The van der Waals surface area contributed by atoms with E-state index < -0.39 is 6.10 Å². The van der Waals surface area contributed by atoms with Gasteiger partial charge in [-0.25, -0.2) is 0 Å². The van der Waals surface area contributed by atoms with E-state index >= 15 is 0 Å². The molecule has 0 bridgehead atoms. The number of carbonyl (C=O) groups excluding carboxylic acids is 2. The van der Waals surface area contributed by atoms with E-state index in [1.165, 1.54) is 12.7 Å². The number of methoxy groups -OCH3 is 1. The summed E-state index contributed by atoms with van der Waals surface area (Å²) in [6.45, 7) is 0.335. The van der Waals surface area contributed by atoms with E-state index in [9.17, 15) is 14.7 Å². The lowest BCUT2D eigenvalue weighted by atomic mass is 9.84. The molecular weight excluding hydrogens is 424 g/mol. The standard InChI is InChI=1S/C25H30N2O6/c1-31-15-24(30)27-17-7-8-21-19(11-17)20-12-18(32-22(14-28)25(20)33-21)13-23(29)26-10-9-16-5-3-2-4-6-16/h2-8,11,18,20,22,25,28H,9-10,12-15H2,1H3,(H,26,29)(H,27,30)/t18-,20-,22-,25+/m0/s1. The van der Waals surface area contributed by atoms with Gasteiger partial charge < -0.3 is 30.0 Å². The average molecular weight is 455 g/mol. The zero-order valence-electron chi connectivity index (χ0n) is 18.7. The van der Waals surface area contributed by atoms with E-state index in [0.717, 1.165) is 12.0 Å². The molecule has 2 amide bonds. The summed E-state index contributed by atoms with van der Waals surface area (Å²) in [4.78, 5) is 24.4. The van der Waals surface area contributed by atoms with Gasteiger partial charge in [0.25, 0.3) is 0 Å². The van der Waals surface area contributed by atoms with Crippen molar-refractivity contribution < 1.29 is 28.9 Å². The molecule has 1 saturated heterocycles. The summed E-state index contributed by atoms with van der Waals surface area (Å²) in [5.74, 6) is 0.362. The van der Waals surface area contributed by atoms with Crippen LogP contribution < -0.4 is 15.4 Å². The normalized spacial score (nSPS) is 23.2. The summed E-state index contributed by atoms with van der Waals surface area (Å²) in [5.41, 5.74) is 2.77. The zero-order valence-corrected chi connectivity index (χ0v) is 18.7. The van der Waals surface area contributed by atoms with Crippen LogP contribution in [0.25, 0.3) is 0 Å². The van der Waals surface area contributed by atoms with Crippen LogP contribution in [0.5, 0.6) is 5.75 Å². The fraction of sp³-hybridized carbons (Fsp3) is 0.440. The molecule has 2 aromatic rings. The van der Waals surface area contributed by atoms with Crippen LogP contribution in [0.15, 0.2) is 48.5 Å². The number of aliphatic hydroxyl groups excluding tert-OH is 1. The Bertz CT molecular complexity index is 967. The highest BCUT2D eigenvalue weighted by Gasteiger charge is 2.46. The maximum atomic E-state index is 12.5. The van der Waals surface area contributed by atoms with Gasteiger partial charge in [0.05, 0.1) is 19.1 Å². The second-order valence-electron chi connectivity index (χ2n) is 8.43. The molecule has 4 atom stereocenters. The van der Waals surface area contributed by atoms with Crippen molar-refractivity contribution in [2.75, 3.05) is 32.2 Å². The first-order chi connectivity index (χ1) is 16.1. The van der Waals surface area contributed by atoms with Crippen molar-refractivity contribution in [1.29, 1.82) is 0 Å². The number of rotatable bonds is 9. The summed E-state index contributed by atoms with van der Waals surface area (Å²) >= 11 is 0. The van der Waals surface area contributed by atoms with Gasteiger partial charge in [0, 0.05) is 30.8 Å². The van der Waals surface area contributed by atoms with E-state index in [1.807, 2.05) is 42.5 Å². The van der Waals surface area contributed by atoms with Crippen LogP contribution in [0, 0.1) is 0 Å². The summed E-state index contributed by atoms with van der Waals surface area (Å²) in [7, 11) is 1.47. The number of fused-ring (bicyclic) bond motifs is 3. The first-order valence-corrected chi connectivity index (χ1v) is 11.2. The van der Waals surface area contributed by atoms with E-state index in [1.54, 1.807) is 6.07 Å². The second-order valence-corrected chi connectivity index (χ2v) is 8.43. The van der Waals surface area contributed by atoms with Crippen molar-refractivity contribution in [1.82, 2.24) is 5.32 Å². The van der Waals surface area contributed by atoms with E-state index in [-0.39, 0.29) is 49.6 Å². The number of hydrogen-bond donors (Lipinski definition) is 3. The highest BCUT2D eigenvalue weighted by atomic mass is 16.6. The molecule has 33 heavy (non-hydrogen) atoms. The molecule has 0 saturated carbocycles. The Kier molecular flexibility index (Phi) is 7.59. The van der Waals surface area contributed by atoms with Gasteiger partial charge in [-0.2, -0.15) is 0 Å². The van der Waals surface area contributed by atoms with Crippen molar-refractivity contribution in [2.24, 2.45) is 0 Å². The van der Waals surface area contributed by atoms with E-state index in [2.05, 4.69) is 10.6 Å². The Labute approximate surface area is 193 Å². The first kappa shape index (κ1) is 23.2. The van der Waals surface area contributed by atoms with Crippen LogP contribution in [0.2, 0.25) is 0 Å². The van der Waals surface area contributed by atoms with E-state index in [0.29, 0.717) is 24.4 Å². The number of anilines is 1. The van der Waals surface area contributed by atoms with Crippen molar-refractivity contribution in [3.63, 3.8) is 0 Å². The van der Waals surface area contributed by atoms with Crippen LogP contribution >= 0.6 is 0 Å². The number of hydrogen-bond acceptors (Lipinski definition) is 6. The number of benzene rings is 2. The SMILES string of the molecule is COCC(=O)Nc1ccc2c(c1)[C@@H]1C[C@@H](CC(=O)NCCc3ccccc3)O[C@@H](CO)[C@@H]1O2. The highest BCUT2D eigenvalue weighted by molar-refractivity contribution is 5.92. The van der Waals surface area contributed by atoms with Crippen LogP contribution in [0.4, 0.5) is 5.69 Å². The largest absolute Gasteiger partial charge is 0.487 e. The van der Waals surface area contributed by atoms with Gasteiger partial charge in [-0.1, -0.05) is 30.3 Å². The van der Waals surface area contributed by atoms with Gasteiger partial charge in [-0.15, -0.1) is 0 Å². The fourth-order valence-electron chi connectivity index (χ4n) is 4.56. The molecule has 8 nitrogen and oxygen atoms in total. The van der Waals surface area contributed by atoms with Crippen molar-refractivity contribution in [2.45, 2.75) is 43.5 Å². The Hall–Kier alpha value is -2.94. The first-order valence-electron chi connectivity index (χ1n) is 11.2. The third kappa shape index (κ3) is 5.71. The smallest absolute Gasteiger partial charge is 0.250 e. The lowest BCUT2D eigenvalue weighted by molar-refractivity contribution is -0.142. The molecule has 0 aliphatic carbocycles. The molecule has 0 spiro atoms. The summed E-state index contributed by atoms with van der Waals surface area (Å²) in [6, 6.07) is 15.5. The van der Waals surface area contributed by atoms with Crippen LogP contribution in [0.3, 0.4) is 0 Å². The Balaban J connectivity index is 1.38. The van der Waals surface area contributed by atoms with Crippen molar-refractivity contribution in [3.8, 4) is 5.75 Å². The predicted molar refractivity (Wildman–Crippen MR) is 122 cm³/mol. The fourth-order valence-corrected chi connectivity index (χ4v) is 4.56. The Morgan fingerprint density at radius 3 is 2.73 bits per heavy atom. The van der Waals surface area contributed by atoms with E-state index in [4.69, 9.17) is 14.2 Å². The Morgan fingerprint density at radius 1 is 1.15 bits per heavy atom. The molecule has 3 N–H and O–H groups in total. The van der Waals surface area contributed by atoms with Crippen LogP contribution in [-0.2, 0) is 25.5 Å². The number of ether oxygens (including phenoxy) is 3. The molecule has 2 aliphatic heterocycles. The summed E-state index contributed by atoms with van der Waals surface area (Å²) in [5, 5.41) is 15.7. The average Bonchev–Trinajstić information content (AvgIpc) is 3.17. The number of carbonyl (C=O) groups is 2. The second kappa shape index (κ2) is 10.8. The number of amides is 2. The van der Waals surface area contributed by atoms with Gasteiger partial charge >= 0.3 is 0 Å². The van der Waals surface area contributed by atoms with Gasteiger partial charge in [0.2, 0.25) is 11.8 Å². The lowest BCUT2D eigenvalue weighted by Gasteiger charge is -2.37. The molecule has 0 aromatic heterocycles. The maximum Gasteiger partial charge on any atom is 0.250 e. The monoisotopic (exact) mass is 454 g/mol. The number of nitrogens with one attached hydrogen (secondary N) is 2. The zero-order chi connectivity index (χ0) is 23.2. The van der Waals surface area contributed by atoms with Crippen LogP contribution in [-0.4, -0.2) is 62.1 Å². The molecule has 8 heteroatoms. The van der Waals surface area contributed by atoms with Crippen molar-refractivity contribution in [3.05, 3.63) is 59.7 Å². The van der Waals surface area contributed by atoms with Gasteiger partial charge in [0.15, 0.2) is 0 Å². The van der Waals surface area contributed by atoms with Gasteiger partial charge in [-0.3, -0.25) is 9.59 Å². The molecular formula is C25H30N2O6. The molecule has 2 heterocycles. The third-order valence-corrected chi connectivity index (χ3v) is 6.05. The topological polar surface area (TPSA) is 106 Å². The van der Waals surface area contributed by atoms with Crippen LogP contribution in [0.1, 0.15) is 29.9 Å². The minimum atomic E-state index is -0.523. The van der Waals surface area contributed by atoms with Crippen molar-refractivity contribution >= 4 is 17.5 Å². The molecule has 2 aromatic carbocycles. The Morgan fingerprint density at radius 2 is 1.97 bits per heavy atom. The minimum absolute atomic E-state index is 0.0263. The molecule has 176 valence electrons. The quantitative estimate of drug-likeness (QED) is 0.535. The summed E-state index contributed by atoms with van der Waals surface area (Å²) < 4.78 is 17.0.